The highest BCUT2D eigenvalue weighted by atomic mass is 32.2. The fraction of sp³-hybridized carbons (Fsp3) is 0.200. The highest BCUT2D eigenvalue weighted by Crippen LogP contribution is 2.28. The minimum Gasteiger partial charge on any atom is -0.461 e. The minimum absolute atomic E-state index is 0.293. The van der Waals surface area contributed by atoms with E-state index in [1.165, 1.54) is 35.2 Å². The second-order valence-electron chi connectivity index (χ2n) is 6.51. The molecule has 0 atom stereocenters. The van der Waals surface area contributed by atoms with Crippen molar-refractivity contribution in [1.82, 2.24) is 19.1 Å². The highest BCUT2D eigenvalue weighted by molar-refractivity contribution is 7.98. The van der Waals surface area contributed by atoms with Crippen LogP contribution < -0.4 is 11.2 Å². The van der Waals surface area contributed by atoms with Crippen LogP contribution in [0.15, 0.2) is 61.7 Å². The molecule has 0 spiro atoms. The summed E-state index contributed by atoms with van der Waals surface area (Å²) in [6, 6.07) is 11.7. The number of benzene rings is 1. The number of aryl methyl sites for hydroxylation is 2. The van der Waals surface area contributed by atoms with E-state index in [0.29, 0.717) is 33.4 Å². The van der Waals surface area contributed by atoms with Crippen molar-refractivity contribution in [1.29, 1.82) is 0 Å². The van der Waals surface area contributed by atoms with Crippen molar-refractivity contribution < 1.29 is 4.42 Å². The molecule has 28 heavy (non-hydrogen) atoms. The van der Waals surface area contributed by atoms with E-state index in [0.717, 1.165) is 10.1 Å². The third kappa shape index (κ3) is 3.16. The van der Waals surface area contributed by atoms with Crippen LogP contribution in [-0.2, 0) is 19.8 Å². The molecule has 4 aromatic rings. The Labute approximate surface area is 164 Å². The number of aromatic nitrogens is 4. The zero-order valence-electron chi connectivity index (χ0n) is 15.7. The van der Waals surface area contributed by atoms with Crippen LogP contribution in [0.5, 0.6) is 0 Å². The van der Waals surface area contributed by atoms with Crippen molar-refractivity contribution in [3.05, 3.63) is 74.6 Å². The lowest BCUT2D eigenvalue weighted by atomic mass is 10.2. The van der Waals surface area contributed by atoms with Crippen molar-refractivity contribution in [2.45, 2.75) is 17.7 Å². The number of nitrogens with zero attached hydrogens (tertiary/aromatic N) is 4. The first-order valence-corrected chi connectivity index (χ1v) is 9.64. The summed E-state index contributed by atoms with van der Waals surface area (Å²) in [6.07, 6.45) is 1.53. The molecule has 1 aromatic carbocycles. The molecule has 0 aliphatic rings. The first-order valence-electron chi connectivity index (χ1n) is 8.65. The molecule has 0 bridgehead atoms. The van der Waals surface area contributed by atoms with Crippen LogP contribution in [0.4, 0.5) is 0 Å². The minimum atomic E-state index is -0.434. The number of rotatable bonds is 4. The Balaban J connectivity index is 1.90. The Morgan fingerprint density at radius 3 is 2.46 bits per heavy atom. The summed E-state index contributed by atoms with van der Waals surface area (Å²) >= 11 is 1.44. The molecule has 0 N–H and O–H groups in total. The molecular formula is C20H18N4O3S. The summed E-state index contributed by atoms with van der Waals surface area (Å²) in [4.78, 5) is 34.2. The lowest BCUT2D eigenvalue weighted by molar-refractivity contribution is 0.576. The maximum atomic E-state index is 12.8. The van der Waals surface area contributed by atoms with Crippen molar-refractivity contribution in [2.75, 3.05) is 0 Å². The molecule has 0 saturated carbocycles. The Kier molecular flexibility index (Phi) is 4.64. The van der Waals surface area contributed by atoms with Gasteiger partial charge in [0.15, 0.2) is 17.2 Å². The monoisotopic (exact) mass is 394 g/mol. The number of furan rings is 1. The topological polar surface area (TPSA) is 82.9 Å². The standard InChI is InChI=1S/C20H18N4O3S/c1-12-6-8-13(9-7-12)11-28-18-15-17(23(2)20(26)24(3)19(15)25)21-16(22-18)14-5-4-10-27-14/h4-10H,11H2,1-3H3. The van der Waals surface area contributed by atoms with Gasteiger partial charge in [-0.1, -0.05) is 29.8 Å². The van der Waals surface area contributed by atoms with Gasteiger partial charge in [-0.3, -0.25) is 13.9 Å². The van der Waals surface area contributed by atoms with Crippen LogP contribution in [0.2, 0.25) is 0 Å². The molecule has 0 unspecified atom stereocenters. The molecule has 4 rings (SSSR count). The Morgan fingerprint density at radius 1 is 1.04 bits per heavy atom. The van der Waals surface area contributed by atoms with Gasteiger partial charge in [0.2, 0.25) is 0 Å². The van der Waals surface area contributed by atoms with E-state index < -0.39 is 11.2 Å². The van der Waals surface area contributed by atoms with Crippen LogP contribution in [0.1, 0.15) is 11.1 Å². The van der Waals surface area contributed by atoms with Gasteiger partial charge in [0.25, 0.3) is 5.56 Å². The third-order valence-corrected chi connectivity index (χ3v) is 5.55. The second-order valence-corrected chi connectivity index (χ2v) is 7.47. The third-order valence-electron chi connectivity index (χ3n) is 4.50. The van der Waals surface area contributed by atoms with Gasteiger partial charge >= 0.3 is 5.69 Å². The Morgan fingerprint density at radius 2 is 1.79 bits per heavy atom. The molecule has 0 aliphatic heterocycles. The van der Waals surface area contributed by atoms with E-state index >= 15 is 0 Å². The molecule has 142 valence electrons. The lowest BCUT2D eigenvalue weighted by Crippen LogP contribution is -2.37. The molecule has 0 radical (unpaired) electrons. The lowest BCUT2D eigenvalue weighted by Gasteiger charge is -2.11. The van der Waals surface area contributed by atoms with Gasteiger partial charge < -0.3 is 4.42 Å². The van der Waals surface area contributed by atoms with E-state index in [-0.39, 0.29) is 0 Å². The number of hydrogen-bond acceptors (Lipinski definition) is 6. The van der Waals surface area contributed by atoms with Crippen molar-refractivity contribution >= 4 is 22.8 Å². The summed E-state index contributed by atoms with van der Waals surface area (Å²) in [5, 5.41) is 0.852. The van der Waals surface area contributed by atoms with Gasteiger partial charge in [-0.25, -0.2) is 14.8 Å². The van der Waals surface area contributed by atoms with Gasteiger partial charge in [-0.15, -0.1) is 11.8 Å². The molecule has 0 saturated heterocycles. The maximum absolute atomic E-state index is 12.8. The fourth-order valence-corrected chi connectivity index (χ4v) is 3.86. The second kappa shape index (κ2) is 7.12. The highest BCUT2D eigenvalue weighted by Gasteiger charge is 2.19. The molecule has 8 heteroatoms. The SMILES string of the molecule is Cc1ccc(CSc2nc(-c3ccco3)nc3c2c(=O)n(C)c(=O)n3C)cc1. The zero-order valence-corrected chi connectivity index (χ0v) is 16.5. The Bertz CT molecular complexity index is 1270. The van der Waals surface area contributed by atoms with E-state index in [9.17, 15) is 9.59 Å². The van der Waals surface area contributed by atoms with E-state index in [1.807, 2.05) is 31.2 Å². The van der Waals surface area contributed by atoms with Gasteiger partial charge in [-0.05, 0) is 24.6 Å². The van der Waals surface area contributed by atoms with Crippen LogP contribution in [0.3, 0.4) is 0 Å². The first kappa shape index (κ1) is 18.2. The van der Waals surface area contributed by atoms with Crippen LogP contribution in [-0.4, -0.2) is 19.1 Å². The molecule has 7 nitrogen and oxygen atoms in total. The fourth-order valence-electron chi connectivity index (χ4n) is 2.89. The molecule has 0 fully saturated rings. The summed E-state index contributed by atoms with van der Waals surface area (Å²) < 4.78 is 7.86. The maximum Gasteiger partial charge on any atom is 0.332 e. The summed E-state index contributed by atoms with van der Waals surface area (Å²) in [7, 11) is 3.05. The number of thioether (sulfide) groups is 1. The molecule has 3 heterocycles. The van der Waals surface area contributed by atoms with Gasteiger partial charge in [0.05, 0.1) is 6.26 Å². The van der Waals surface area contributed by atoms with Crippen LogP contribution >= 0.6 is 11.8 Å². The largest absolute Gasteiger partial charge is 0.461 e. The van der Waals surface area contributed by atoms with E-state index in [1.54, 1.807) is 19.2 Å². The van der Waals surface area contributed by atoms with Crippen LogP contribution in [0.25, 0.3) is 22.6 Å². The van der Waals surface area contributed by atoms with Gasteiger partial charge in [-0.2, -0.15) is 0 Å². The van der Waals surface area contributed by atoms with Crippen molar-refractivity contribution in [2.24, 2.45) is 14.1 Å². The average molecular weight is 394 g/mol. The smallest absolute Gasteiger partial charge is 0.332 e. The predicted molar refractivity (Wildman–Crippen MR) is 108 cm³/mol. The average Bonchev–Trinajstić information content (AvgIpc) is 3.24. The normalized spacial score (nSPS) is 11.2. The van der Waals surface area contributed by atoms with Gasteiger partial charge in [0.1, 0.15) is 10.4 Å². The van der Waals surface area contributed by atoms with Crippen molar-refractivity contribution in [3.63, 3.8) is 0 Å². The van der Waals surface area contributed by atoms with E-state index in [4.69, 9.17) is 4.42 Å². The van der Waals surface area contributed by atoms with Crippen LogP contribution in [0, 0.1) is 6.92 Å². The first-order chi connectivity index (χ1) is 13.5. The summed E-state index contributed by atoms with van der Waals surface area (Å²) in [5.41, 5.74) is 1.75. The number of hydrogen-bond donors (Lipinski definition) is 0. The van der Waals surface area contributed by atoms with Gasteiger partial charge in [0, 0.05) is 19.8 Å². The number of fused-ring (bicyclic) bond motifs is 1. The Hall–Kier alpha value is -3.13. The molecule has 0 amide bonds. The zero-order chi connectivity index (χ0) is 19.8. The van der Waals surface area contributed by atoms with E-state index in [2.05, 4.69) is 9.97 Å². The predicted octanol–water partition coefficient (Wildman–Crippen LogP) is 2.89. The van der Waals surface area contributed by atoms with Crippen molar-refractivity contribution in [3.8, 4) is 11.6 Å². The summed E-state index contributed by atoms with van der Waals surface area (Å²) in [5.74, 6) is 1.45. The molecular weight excluding hydrogens is 376 g/mol. The molecule has 0 aliphatic carbocycles. The quantitative estimate of drug-likeness (QED) is 0.391. The summed E-state index contributed by atoms with van der Waals surface area (Å²) in [6.45, 7) is 2.04. The molecule has 3 aromatic heterocycles.